The molecule has 5 heteroatoms. The molecule has 1 aromatic heterocycles. The van der Waals surface area contributed by atoms with Crippen LogP contribution in [0.1, 0.15) is 49.6 Å². The molecule has 0 saturated carbocycles. The van der Waals surface area contributed by atoms with Crippen LogP contribution in [-0.2, 0) is 6.54 Å². The third-order valence-electron chi connectivity index (χ3n) is 3.74. The van der Waals surface area contributed by atoms with Crippen LogP contribution in [0.3, 0.4) is 0 Å². The van der Waals surface area contributed by atoms with Crippen molar-refractivity contribution < 1.29 is 4.74 Å². The topological polar surface area (TPSA) is 65.1 Å². The summed E-state index contributed by atoms with van der Waals surface area (Å²) in [4.78, 5) is 0. The van der Waals surface area contributed by atoms with Gasteiger partial charge in [0, 0.05) is 6.54 Å². The fourth-order valence-electron chi connectivity index (χ4n) is 2.48. The second-order valence-corrected chi connectivity index (χ2v) is 5.33. The molecule has 2 aromatic rings. The molecule has 1 aromatic carbocycles. The second kappa shape index (κ2) is 6.74. The number of rotatable bonds is 6. The van der Waals surface area contributed by atoms with E-state index in [0.29, 0.717) is 5.92 Å². The number of aromatic nitrogens is 2. The average Bonchev–Trinajstić information content (AvgIpc) is 2.91. The maximum absolute atomic E-state index is 5.79. The Kier molecular flexibility index (Phi) is 4.98. The number of nitrogens with zero attached hydrogens (tertiary/aromatic N) is 2. The summed E-state index contributed by atoms with van der Waals surface area (Å²) in [6, 6.07) is 8.34. The summed E-state index contributed by atoms with van der Waals surface area (Å²) in [6.45, 7) is 7.18. The van der Waals surface area contributed by atoms with E-state index in [9.17, 15) is 0 Å². The molecule has 0 bridgehead atoms. The molecule has 0 aliphatic heterocycles. The minimum atomic E-state index is -0.149. The highest BCUT2D eigenvalue weighted by Crippen LogP contribution is 2.30. The number of nitrogens with one attached hydrogen (secondary N) is 1. The molecule has 5 nitrogen and oxygen atoms in total. The molecule has 0 radical (unpaired) electrons. The zero-order chi connectivity index (χ0) is 15.4. The molecule has 1 heterocycles. The van der Waals surface area contributed by atoms with E-state index in [-0.39, 0.29) is 6.04 Å². The number of ether oxygens (including phenoxy) is 1. The number of aryl methyl sites for hydroxylation is 1. The Morgan fingerprint density at radius 2 is 1.86 bits per heavy atom. The van der Waals surface area contributed by atoms with Gasteiger partial charge >= 0.3 is 0 Å². The van der Waals surface area contributed by atoms with Crippen molar-refractivity contribution in [3.63, 3.8) is 0 Å². The molecular formula is C16H24N4O. The van der Waals surface area contributed by atoms with Crippen LogP contribution < -0.4 is 16.0 Å². The highest BCUT2D eigenvalue weighted by atomic mass is 16.5. The van der Waals surface area contributed by atoms with Gasteiger partial charge in [0.2, 0.25) is 0 Å². The molecule has 0 amide bonds. The van der Waals surface area contributed by atoms with Crippen LogP contribution in [0, 0.1) is 0 Å². The molecule has 0 fully saturated rings. The summed E-state index contributed by atoms with van der Waals surface area (Å²) in [5.74, 6) is 7.05. The highest BCUT2D eigenvalue weighted by molar-refractivity contribution is 5.37. The second-order valence-electron chi connectivity index (χ2n) is 5.33. The zero-order valence-corrected chi connectivity index (χ0v) is 13.1. The largest absolute Gasteiger partial charge is 0.493 e. The molecule has 3 N–H and O–H groups in total. The lowest BCUT2D eigenvalue weighted by atomic mass is 9.98. The van der Waals surface area contributed by atoms with Crippen molar-refractivity contribution >= 4 is 0 Å². The number of hydrogen-bond donors (Lipinski definition) is 2. The maximum Gasteiger partial charge on any atom is 0.161 e. The fraction of sp³-hybridized carbons (Fsp3) is 0.438. The molecule has 1 atom stereocenters. The van der Waals surface area contributed by atoms with Gasteiger partial charge in [-0.05, 0) is 24.0 Å². The Bertz CT molecular complexity index is 553. The van der Waals surface area contributed by atoms with E-state index in [1.807, 2.05) is 11.6 Å². The maximum atomic E-state index is 5.79. The van der Waals surface area contributed by atoms with Crippen molar-refractivity contribution in [1.29, 1.82) is 0 Å². The van der Waals surface area contributed by atoms with Gasteiger partial charge in [-0.2, -0.15) is 5.10 Å². The van der Waals surface area contributed by atoms with Crippen molar-refractivity contribution in [3.05, 3.63) is 47.3 Å². The van der Waals surface area contributed by atoms with Gasteiger partial charge in [0.15, 0.2) is 5.75 Å². The number of methoxy groups -OCH3 is 1. The number of benzene rings is 1. The van der Waals surface area contributed by atoms with E-state index in [4.69, 9.17) is 10.6 Å². The van der Waals surface area contributed by atoms with Gasteiger partial charge in [-0.1, -0.05) is 38.1 Å². The normalized spacial score (nSPS) is 12.7. The van der Waals surface area contributed by atoms with Crippen molar-refractivity contribution in [3.8, 4) is 5.75 Å². The molecule has 0 aliphatic carbocycles. The van der Waals surface area contributed by atoms with E-state index in [1.54, 1.807) is 13.3 Å². The third-order valence-corrected chi connectivity index (χ3v) is 3.74. The van der Waals surface area contributed by atoms with Crippen LogP contribution in [0.25, 0.3) is 0 Å². The van der Waals surface area contributed by atoms with Gasteiger partial charge in [-0.3, -0.25) is 10.5 Å². The monoisotopic (exact) mass is 288 g/mol. The Labute approximate surface area is 126 Å². The summed E-state index contributed by atoms with van der Waals surface area (Å²) in [5.41, 5.74) is 6.23. The third kappa shape index (κ3) is 3.09. The van der Waals surface area contributed by atoms with E-state index in [2.05, 4.69) is 48.6 Å². The minimum absolute atomic E-state index is 0.149. The SMILES string of the molecule is CCn1ncc(OC)c1C(NN)c1ccc(C(C)C)cc1. The minimum Gasteiger partial charge on any atom is -0.493 e. The van der Waals surface area contributed by atoms with Crippen LogP contribution in [-0.4, -0.2) is 16.9 Å². The first-order chi connectivity index (χ1) is 10.1. The van der Waals surface area contributed by atoms with Gasteiger partial charge in [-0.15, -0.1) is 0 Å². The lowest BCUT2D eigenvalue weighted by molar-refractivity contribution is 0.399. The summed E-state index contributed by atoms with van der Waals surface area (Å²) in [7, 11) is 1.65. The van der Waals surface area contributed by atoms with Gasteiger partial charge < -0.3 is 4.74 Å². The van der Waals surface area contributed by atoms with E-state index in [1.165, 1.54) is 5.56 Å². The molecule has 0 aliphatic rings. The first kappa shape index (κ1) is 15.5. The molecule has 114 valence electrons. The van der Waals surface area contributed by atoms with Crippen LogP contribution in [0.15, 0.2) is 30.5 Å². The van der Waals surface area contributed by atoms with Crippen molar-refractivity contribution in [1.82, 2.24) is 15.2 Å². The highest BCUT2D eigenvalue weighted by Gasteiger charge is 2.22. The zero-order valence-electron chi connectivity index (χ0n) is 13.1. The van der Waals surface area contributed by atoms with Crippen LogP contribution >= 0.6 is 0 Å². The van der Waals surface area contributed by atoms with E-state index >= 15 is 0 Å². The summed E-state index contributed by atoms with van der Waals surface area (Å²) >= 11 is 0. The summed E-state index contributed by atoms with van der Waals surface area (Å²) in [6.07, 6.45) is 1.73. The number of nitrogens with two attached hydrogens (primary N) is 1. The number of hydrogen-bond acceptors (Lipinski definition) is 4. The first-order valence-electron chi connectivity index (χ1n) is 7.28. The smallest absolute Gasteiger partial charge is 0.161 e. The summed E-state index contributed by atoms with van der Waals surface area (Å²) in [5, 5.41) is 4.34. The van der Waals surface area contributed by atoms with Crippen molar-refractivity contribution in [2.75, 3.05) is 7.11 Å². The quantitative estimate of drug-likeness (QED) is 0.633. The predicted molar refractivity (Wildman–Crippen MR) is 84.2 cm³/mol. The van der Waals surface area contributed by atoms with Crippen LogP contribution in [0.4, 0.5) is 0 Å². The molecule has 0 saturated heterocycles. The molecule has 1 unspecified atom stereocenters. The van der Waals surface area contributed by atoms with Gasteiger partial charge in [0.1, 0.15) is 5.69 Å². The fourth-order valence-corrected chi connectivity index (χ4v) is 2.48. The lowest BCUT2D eigenvalue weighted by Gasteiger charge is -2.19. The standard InChI is InChI=1S/C16H24N4O/c1-5-20-16(14(21-4)10-18-20)15(19-17)13-8-6-12(7-9-13)11(2)3/h6-11,15,19H,5,17H2,1-4H3. The van der Waals surface area contributed by atoms with Gasteiger partial charge in [-0.25, -0.2) is 5.43 Å². The Morgan fingerprint density at radius 1 is 1.24 bits per heavy atom. The molecular weight excluding hydrogens is 264 g/mol. The van der Waals surface area contributed by atoms with Gasteiger partial charge in [0.05, 0.1) is 19.3 Å². The Balaban J connectivity index is 2.41. The van der Waals surface area contributed by atoms with E-state index in [0.717, 1.165) is 23.6 Å². The molecule has 0 spiro atoms. The van der Waals surface area contributed by atoms with Crippen molar-refractivity contribution in [2.24, 2.45) is 5.84 Å². The number of hydrazine groups is 1. The first-order valence-corrected chi connectivity index (χ1v) is 7.28. The van der Waals surface area contributed by atoms with Crippen LogP contribution in [0.2, 0.25) is 0 Å². The van der Waals surface area contributed by atoms with Gasteiger partial charge in [0.25, 0.3) is 0 Å². The molecule has 21 heavy (non-hydrogen) atoms. The Hall–Kier alpha value is -1.85. The lowest BCUT2D eigenvalue weighted by Crippen LogP contribution is -2.31. The summed E-state index contributed by atoms with van der Waals surface area (Å²) < 4.78 is 7.32. The Morgan fingerprint density at radius 3 is 2.33 bits per heavy atom. The predicted octanol–water partition coefficient (Wildman–Crippen LogP) is 2.59. The van der Waals surface area contributed by atoms with Crippen LogP contribution in [0.5, 0.6) is 5.75 Å². The molecule has 2 rings (SSSR count). The van der Waals surface area contributed by atoms with E-state index < -0.39 is 0 Å². The average molecular weight is 288 g/mol. The van der Waals surface area contributed by atoms with Crippen molar-refractivity contribution in [2.45, 2.75) is 39.3 Å².